The molecule has 1 aliphatic heterocycles. The van der Waals surface area contributed by atoms with Crippen LogP contribution in [-0.2, 0) is 30.8 Å². The number of rotatable bonds is 5. The van der Waals surface area contributed by atoms with Crippen molar-refractivity contribution >= 4 is 11.8 Å². The summed E-state index contributed by atoms with van der Waals surface area (Å²) in [6, 6.07) is 1.98. The number of fused-ring (bicyclic) bond motifs is 1. The van der Waals surface area contributed by atoms with E-state index >= 15 is 0 Å². The van der Waals surface area contributed by atoms with Gasteiger partial charge in [-0.3, -0.25) is 19.4 Å². The highest BCUT2D eigenvalue weighted by Gasteiger charge is 2.31. The Kier molecular flexibility index (Phi) is 4.72. The van der Waals surface area contributed by atoms with Crippen LogP contribution >= 0.6 is 0 Å². The Balaban J connectivity index is 1.37. The minimum Gasteiger partial charge on any atom is -0.345 e. The first-order valence-corrected chi connectivity index (χ1v) is 9.73. The van der Waals surface area contributed by atoms with Crippen molar-refractivity contribution in [2.75, 3.05) is 6.54 Å². The molecule has 2 aromatic heterocycles. The Bertz CT molecular complexity index is 864. The van der Waals surface area contributed by atoms with E-state index in [1.165, 1.54) is 6.42 Å². The summed E-state index contributed by atoms with van der Waals surface area (Å²) in [4.78, 5) is 26.8. The topological polar surface area (TPSA) is 95.9 Å². The van der Waals surface area contributed by atoms with Crippen molar-refractivity contribution in [1.82, 2.24) is 30.2 Å². The van der Waals surface area contributed by atoms with Crippen molar-refractivity contribution in [2.45, 2.75) is 59.2 Å². The van der Waals surface area contributed by atoms with Gasteiger partial charge in [0.2, 0.25) is 5.91 Å². The standard InChI is InChI=1S/C19H26N6O2/c1-3-16-12(2)17(22-21-16)18(26)20-10-14-9-15-11-24(7-8-25(15)23-14)19(27)13-5-4-6-13/h9,13H,3-8,10-11H2,1-2H3,(H,20,26)(H,21,22). The quantitative estimate of drug-likeness (QED) is 0.835. The first-order valence-electron chi connectivity index (χ1n) is 9.73. The molecule has 0 unspecified atom stereocenters. The molecule has 2 aliphatic rings. The highest BCUT2D eigenvalue weighted by atomic mass is 16.2. The first-order chi connectivity index (χ1) is 13.1. The van der Waals surface area contributed by atoms with Crippen LogP contribution in [0.2, 0.25) is 0 Å². The lowest BCUT2D eigenvalue weighted by atomic mass is 9.84. The molecule has 4 rings (SSSR count). The van der Waals surface area contributed by atoms with E-state index in [1.54, 1.807) is 0 Å². The zero-order valence-electron chi connectivity index (χ0n) is 15.9. The molecule has 2 amide bonds. The summed E-state index contributed by atoms with van der Waals surface area (Å²) < 4.78 is 1.95. The zero-order chi connectivity index (χ0) is 19.0. The highest BCUT2D eigenvalue weighted by Crippen LogP contribution is 2.29. The van der Waals surface area contributed by atoms with Gasteiger partial charge in [-0.15, -0.1) is 0 Å². The van der Waals surface area contributed by atoms with Gasteiger partial charge in [0.25, 0.3) is 5.91 Å². The SMILES string of the molecule is CCc1[nH]nc(C(=O)NCc2cc3n(n2)CCN(C(=O)C2CCC2)C3)c1C. The number of aryl methyl sites for hydroxylation is 1. The number of amides is 2. The lowest BCUT2D eigenvalue weighted by molar-refractivity contribution is -0.139. The van der Waals surface area contributed by atoms with E-state index in [9.17, 15) is 9.59 Å². The van der Waals surface area contributed by atoms with Gasteiger partial charge in [-0.2, -0.15) is 10.2 Å². The lowest BCUT2D eigenvalue weighted by Crippen LogP contribution is -2.43. The van der Waals surface area contributed by atoms with E-state index in [4.69, 9.17) is 0 Å². The fourth-order valence-corrected chi connectivity index (χ4v) is 3.77. The molecule has 1 fully saturated rings. The van der Waals surface area contributed by atoms with Gasteiger partial charge >= 0.3 is 0 Å². The molecule has 3 heterocycles. The van der Waals surface area contributed by atoms with Gasteiger partial charge in [-0.25, -0.2) is 0 Å². The summed E-state index contributed by atoms with van der Waals surface area (Å²) in [7, 11) is 0. The maximum atomic E-state index is 12.5. The number of carbonyl (C=O) groups is 2. The predicted molar refractivity (Wildman–Crippen MR) is 98.9 cm³/mol. The van der Waals surface area contributed by atoms with Crippen LogP contribution in [0.25, 0.3) is 0 Å². The minimum absolute atomic E-state index is 0.198. The van der Waals surface area contributed by atoms with Gasteiger partial charge in [0.1, 0.15) is 0 Å². The second-order valence-electron chi connectivity index (χ2n) is 7.45. The Labute approximate surface area is 158 Å². The monoisotopic (exact) mass is 370 g/mol. The molecule has 0 aromatic carbocycles. The molecule has 0 atom stereocenters. The van der Waals surface area contributed by atoms with Crippen LogP contribution in [0, 0.1) is 12.8 Å². The number of hydrogen-bond donors (Lipinski definition) is 2. The average Bonchev–Trinajstić information content (AvgIpc) is 3.20. The van der Waals surface area contributed by atoms with E-state index in [0.29, 0.717) is 31.9 Å². The molecule has 2 aromatic rings. The Hall–Kier alpha value is -2.64. The van der Waals surface area contributed by atoms with E-state index in [1.807, 2.05) is 29.5 Å². The number of carbonyl (C=O) groups excluding carboxylic acids is 2. The maximum absolute atomic E-state index is 12.5. The zero-order valence-corrected chi connectivity index (χ0v) is 15.9. The molecule has 8 heteroatoms. The van der Waals surface area contributed by atoms with Gasteiger partial charge in [0, 0.05) is 23.7 Å². The summed E-state index contributed by atoms with van der Waals surface area (Å²) in [6.07, 6.45) is 4.04. The van der Waals surface area contributed by atoms with Crippen molar-refractivity contribution in [3.8, 4) is 0 Å². The molecular weight excluding hydrogens is 344 g/mol. The lowest BCUT2D eigenvalue weighted by Gasteiger charge is -2.34. The van der Waals surface area contributed by atoms with E-state index < -0.39 is 0 Å². The fraction of sp³-hybridized carbons (Fsp3) is 0.579. The van der Waals surface area contributed by atoms with E-state index in [2.05, 4.69) is 20.6 Å². The number of nitrogens with one attached hydrogen (secondary N) is 2. The maximum Gasteiger partial charge on any atom is 0.272 e. The second-order valence-corrected chi connectivity index (χ2v) is 7.45. The molecule has 0 bridgehead atoms. The van der Waals surface area contributed by atoms with Crippen molar-refractivity contribution in [1.29, 1.82) is 0 Å². The van der Waals surface area contributed by atoms with Gasteiger partial charge < -0.3 is 10.2 Å². The van der Waals surface area contributed by atoms with Crippen LogP contribution in [0.5, 0.6) is 0 Å². The Morgan fingerprint density at radius 3 is 2.81 bits per heavy atom. The van der Waals surface area contributed by atoms with Crippen LogP contribution < -0.4 is 5.32 Å². The molecule has 2 N–H and O–H groups in total. The van der Waals surface area contributed by atoms with Crippen molar-refractivity contribution < 1.29 is 9.59 Å². The van der Waals surface area contributed by atoms with Crippen LogP contribution in [0.1, 0.15) is 59.3 Å². The average molecular weight is 370 g/mol. The third kappa shape index (κ3) is 3.36. The highest BCUT2D eigenvalue weighted by molar-refractivity contribution is 5.93. The molecule has 0 spiro atoms. The number of aromatic amines is 1. The number of H-pyrrole nitrogens is 1. The van der Waals surface area contributed by atoms with Crippen LogP contribution in [0.4, 0.5) is 0 Å². The first kappa shape index (κ1) is 17.8. The van der Waals surface area contributed by atoms with Crippen molar-refractivity contribution in [3.05, 3.63) is 34.4 Å². The molecule has 27 heavy (non-hydrogen) atoms. The molecule has 0 saturated heterocycles. The van der Waals surface area contributed by atoms with Gasteiger partial charge in [0.15, 0.2) is 5.69 Å². The largest absolute Gasteiger partial charge is 0.345 e. The number of nitrogens with zero attached hydrogens (tertiary/aromatic N) is 4. The summed E-state index contributed by atoms with van der Waals surface area (Å²) in [6.45, 7) is 6.30. The third-order valence-corrected chi connectivity index (χ3v) is 5.72. The summed E-state index contributed by atoms with van der Waals surface area (Å²) in [5.74, 6) is 0.309. The van der Waals surface area contributed by atoms with Crippen molar-refractivity contribution in [3.63, 3.8) is 0 Å². The molecule has 0 radical (unpaired) electrons. The summed E-state index contributed by atoms with van der Waals surface area (Å²) in [5, 5.41) is 14.5. The van der Waals surface area contributed by atoms with Gasteiger partial charge in [-0.05, 0) is 32.3 Å². The smallest absolute Gasteiger partial charge is 0.272 e. The molecular formula is C19H26N6O2. The molecule has 1 aliphatic carbocycles. The second kappa shape index (κ2) is 7.17. The summed E-state index contributed by atoms with van der Waals surface area (Å²) in [5.41, 5.74) is 4.15. The van der Waals surface area contributed by atoms with Crippen LogP contribution in [-0.4, -0.2) is 43.2 Å². The number of hydrogen-bond acceptors (Lipinski definition) is 4. The fourth-order valence-electron chi connectivity index (χ4n) is 3.77. The van der Waals surface area contributed by atoms with Crippen LogP contribution in [0.15, 0.2) is 6.07 Å². The van der Waals surface area contributed by atoms with Crippen LogP contribution in [0.3, 0.4) is 0 Å². The third-order valence-electron chi connectivity index (χ3n) is 5.72. The summed E-state index contributed by atoms with van der Waals surface area (Å²) >= 11 is 0. The number of aromatic nitrogens is 4. The normalized spacial score (nSPS) is 16.7. The minimum atomic E-state index is -0.198. The Morgan fingerprint density at radius 2 is 2.15 bits per heavy atom. The van der Waals surface area contributed by atoms with Gasteiger partial charge in [-0.1, -0.05) is 13.3 Å². The molecule has 144 valence electrons. The van der Waals surface area contributed by atoms with Gasteiger partial charge in [0.05, 0.1) is 31.0 Å². The van der Waals surface area contributed by atoms with Crippen molar-refractivity contribution in [2.24, 2.45) is 5.92 Å². The Morgan fingerprint density at radius 1 is 1.33 bits per heavy atom. The molecule has 1 saturated carbocycles. The van der Waals surface area contributed by atoms with E-state index in [0.717, 1.165) is 41.9 Å². The van der Waals surface area contributed by atoms with E-state index in [-0.39, 0.29) is 17.7 Å². The molecule has 8 nitrogen and oxygen atoms in total. The predicted octanol–water partition coefficient (Wildman–Crippen LogP) is 1.55.